The normalized spacial score (nSPS) is 15.2. The van der Waals surface area contributed by atoms with Gasteiger partial charge < -0.3 is 5.32 Å². The highest BCUT2D eigenvalue weighted by molar-refractivity contribution is 5.92. The third-order valence-electron chi connectivity index (χ3n) is 6.79. The highest BCUT2D eigenvalue weighted by Gasteiger charge is 2.24. The average molecular weight is 447 g/mol. The molecule has 0 unspecified atom stereocenters. The Morgan fingerprint density at radius 1 is 1.06 bits per heavy atom. The number of nitrogens with one attached hydrogen (secondary N) is 1. The van der Waals surface area contributed by atoms with Crippen molar-refractivity contribution < 1.29 is 4.79 Å². The summed E-state index contributed by atoms with van der Waals surface area (Å²) in [7, 11) is 1.95. The van der Waals surface area contributed by atoms with E-state index in [4.69, 9.17) is 0 Å². The topological polar surface area (TPSA) is 59.3 Å². The predicted octanol–water partition coefficient (Wildman–Crippen LogP) is 4.46. The summed E-state index contributed by atoms with van der Waals surface area (Å²) in [5.41, 5.74) is 4.99. The molecule has 6 nitrogen and oxygen atoms in total. The second-order valence-corrected chi connectivity index (χ2v) is 9.36. The van der Waals surface area contributed by atoms with Gasteiger partial charge in [0.05, 0.1) is 11.3 Å². The van der Waals surface area contributed by atoms with E-state index in [1.54, 1.807) is 4.68 Å². The molecule has 2 aromatic carbocycles. The van der Waals surface area contributed by atoms with E-state index in [2.05, 4.69) is 22.3 Å². The lowest BCUT2D eigenvalue weighted by atomic mass is 9.89. The third kappa shape index (κ3) is 4.96. The van der Waals surface area contributed by atoms with Crippen LogP contribution in [0.2, 0.25) is 0 Å². The maximum absolute atomic E-state index is 13.2. The summed E-state index contributed by atoms with van der Waals surface area (Å²) in [6, 6.07) is 18.1. The summed E-state index contributed by atoms with van der Waals surface area (Å²) >= 11 is 0. The van der Waals surface area contributed by atoms with Crippen LogP contribution >= 0.6 is 0 Å². The monoisotopic (exact) mass is 446 g/mol. The molecule has 1 aliphatic heterocycles. The van der Waals surface area contributed by atoms with Crippen LogP contribution in [0.1, 0.15) is 49.4 Å². The van der Waals surface area contributed by atoms with Gasteiger partial charge in [0.25, 0.3) is 5.56 Å². The summed E-state index contributed by atoms with van der Waals surface area (Å²) in [4.78, 5) is 27.7. The minimum Gasteiger partial charge on any atom is -0.326 e. The highest BCUT2D eigenvalue weighted by atomic mass is 16.2. The first kappa shape index (κ1) is 23.1. The minimum atomic E-state index is -0.0372. The molecule has 0 spiro atoms. The number of carbonyl (C=O) groups is 1. The summed E-state index contributed by atoms with van der Waals surface area (Å²) < 4.78 is 3.71. The van der Waals surface area contributed by atoms with Crippen LogP contribution in [0.3, 0.4) is 0 Å². The molecular weight excluding hydrogens is 412 g/mol. The number of aromatic nitrogens is 2. The first-order valence-electron chi connectivity index (χ1n) is 11.8. The molecule has 1 amide bonds. The Kier molecular flexibility index (Phi) is 6.84. The second kappa shape index (κ2) is 9.79. The van der Waals surface area contributed by atoms with Gasteiger partial charge in [-0.2, -0.15) is 0 Å². The van der Waals surface area contributed by atoms with Crippen LogP contribution in [-0.2, 0) is 18.4 Å². The first-order chi connectivity index (χ1) is 15.8. The van der Waals surface area contributed by atoms with Gasteiger partial charge in [0.2, 0.25) is 5.91 Å². The Bertz CT molecular complexity index is 1170. The number of hydrogen-bond acceptors (Lipinski definition) is 3. The SMILES string of the molecule is Cc1c(CN2CCC(c3cccc(NC(=O)C(C)C)c3)CC2)c(=O)n(-c2ccccc2)n1C. The van der Waals surface area contributed by atoms with E-state index in [0.717, 1.165) is 48.6 Å². The molecule has 174 valence electrons. The Labute approximate surface area is 195 Å². The van der Waals surface area contributed by atoms with E-state index in [9.17, 15) is 9.59 Å². The van der Waals surface area contributed by atoms with Crippen molar-refractivity contribution in [2.24, 2.45) is 13.0 Å². The van der Waals surface area contributed by atoms with Crippen molar-refractivity contribution in [3.63, 3.8) is 0 Å². The Hall–Kier alpha value is -3.12. The van der Waals surface area contributed by atoms with Crippen LogP contribution in [0.5, 0.6) is 0 Å². The van der Waals surface area contributed by atoms with E-state index >= 15 is 0 Å². The molecule has 0 bridgehead atoms. The van der Waals surface area contributed by atoms with Crippen molar-refractivity contribution in [1.29, 1.82) is 0 Å². The number of piperidine rings is 1. The zero-order valence-corrected chi connectivity index (χ0v) is 20.0. The van der Waals surface area contributed by atoms with Crippen molar-refractivity contribution >= 4 is 11.6 Å². The van der Waals surface area contributed by atoms with E-state index < -0.39 is 0 Å². The Balaban J connectivity index is 1.43. The maximum atomic E-state index is 13.2. The number of likely N-dealkylation sites (tertiary alicyclic amines) is 1. The van der Waals surface area contributed by atoms with Crippen LogP contribution < -0.4 is 10.9 Å². The van der Waals surface area contributed by atoms with Crippen LogP contribution in [-0.4, -0.2) is 33.3 Å². The summed E-state index contributed by atoms with van der Waals surface area (Å²) in [5, 5.41) is 3.01. The number of nitrogens with zero attached hydrogens (tertiary/aromatic N) is 3. The number of rotatable bonds is 6. The van der Waals surface area contributed by atoms with Crippen molar-refractivity contribution in [3.05, 3.63) is 81.8 Å². The molecule has 2 heterocycles. The fourth-order valence-electron chi connectivity index (χ4n) is 4.61. The molecule has 0 aliphatic carbocycles. The van der Waals surface area contributed by atoms with Crippen LogP contribution in [0.15, 0.2) is 59.4 Å². The van der Waals surface area contributed by atoms with Crippen LogP contribution in [0, 0.1) is 12.8 Å². The molecule has 1 saturated heterocycles. The van der Waals surface area contributed by atoms with Crippen molar-refractivity contribution in [2.75, 3.05) is 18.4 Å². The fourth-order valence-corrected chi connectivity index (χ4v) is 4.61. The number of amides is 1. The molecule has 1 aliphatic rings. The molecule has 1 fully saturated rings. The van der Waals surface area contributed by atoms with Crippen molar-refractivity contribution in [1.82, 2.24) is 14.3 Å². The van der Waals surface area contributed by atoms with Crippen molar-refractivity contribution in [2.45, 2.75) is 46.1 Å². The molecule has 3 aromatic rings. The number of carbonyl (C=O) groups excluding carboxylic acids is 1. The standard InChI is InChI=1S/C27H34N4O2/c1-19(2)26(32)28-23-10-8-9-22(17-23)21-13-15-30(16-14-21)18-25-20(3)29(4)31(27(25)33)24-11-6-5-7-12-24/h5-12,17,19,21H,13-16,18H2,1-4H3,(H,28,32). The number of benzene rings is 2. The molecule has 1 aromatic heterocycles. The molecule has 0 atom stereocenters. The summed E-state index contributed by atoms with van der Waals surface area (Å²) in [6.45, 7) is 8.41. The lowest BCUT2D eigenvalue weighted by molar-refractivity contribution is -0.118. The van der Waals surface area contributed by atoms with Crippen molar-refractivity contribution in [3.8, 4) is 5.69 Å². The number of anilines is 1. The molecule has 33 heavy (non-hydrogen) atoms. The van der Waals surface area contributed by atoms with Gasteiger partial charge in [-0.3, -0.25) is 19.2 Å². The van der Waals surface area contributed by atoms with Gasteiger partial charge in [-0.05, 0) is 68.6 Å². The van der Waals surface area contributed by atoms with Gasteiger partial charge in [-0.1, -0.05) is 44.2 Å². The molecule has 6 heteroatoms. The van der Waals surface area contributed by atoms with Gasteiger partial charge in [0, 0.05) is 30.9 Å². The smallest absolute Gasteiger partial charge is 0.276 e. The summed E-state index contributed by atoms with van der Waals surface area (Å²) in [5.74, 6) is 0.473. The lowest BCUT2D eigenvalue weighted by Crippen LogP contribution is -2.34. The zero-order valence-electron chi connectivity index (χ0n) is 20.0. The summed E-state index contributed by atoms with van der Waals surface area (Å²) in [6.07, 6.45) is 2.08. The highest BCUT2D eigenvalue weighted by Crippen LogP contribution is 2.30. The van der Waals surface area contributed by atoms with Gasteiger partial charge in [-0.15, -0.1) is 0 Å². The van der Waals surface area contributed by atoms with Gasteiger partial charge in [-0.25, -0.2) is 4.68 Å². The average Bonchev–Trinajstić information content (AvgIpc) is 3.03. The second-order valence-electron chi connectivity index (χ2n) is 9.36. The minimum absolute atomic E-state index is 0.0372. The van der Waals surface area contributed by atoms with Crippen LogP contribution in [0.4, 0.5) is 5.69 Å². The molecule has 4 rings (SSSR count). The first-order valence-corrected chi connectivity index (χ1v) is 11.8. The molecule has 1 N–H and O–H groups in total. The van der Waals surface area contributed by atoms with Gasteiger partial charge in [0.1, 0.15) is 0 Å². The third-order valence-corrected chi connectivity index (χ3v) is 6.79. The van der Waals surface area contributed by atoms with Crippen LogP contribution in [0.25, 0.3) is 5.69 Å². The Morgan fingerprint density at radius 3 is 2.42 bits per heavy atom. The molecular formula is C27H34N4O2. The van der Waals surface area contributed by atoms with E-state index in [1.807, 2.05) is 75.0 Å². The number of hydrogen-bond donors (Lipinski definition) is 1. The largest absolute Gasteiger partial charge is 0.326 e. The maximum Gasteiger partial charge on any atom is 0.276 e. The number of para-hydroxylation sites is 1. The van der Waals surface area contributed by atoms with E-state index in [1.165, 1.54) is 5.56 Å². The van der Waals surface area contributed by atoms with E-state index in [-0.39, 0.29) is 17.4 Å². The Morgan fingerprint density at radius 2 is 1.76 bits per heavy atom. The quantitative estimate of drug-likeness (QED) is 0.608. The van der Waals surface area contributed by atoms with Gasteiger partial charge in [0.15, 0.2) is 0 Å². The lowest BCUT2D eigenvalue weighted by Gasteiger charge is -2.32. The zero-order chi connectivity index (χ0) is 23.5. The van der Waals surface area contributed by atoms with Gasteiger partial charge >= 0.3 is 0 Å². The molecule has 0 saturated carbocycles. The fraction of sp³-hybridized carbons (Fsp3) is 0.407. The molecule has 0 radical (unpaired) electrons. The van der Waals surface area contributed by atoms with E-state index in [0.29, 0.717) is 12.5 Å². The predicted molar refractivity (Wildman–Crippen MR) is 133 cm³/mol.